The molecular formula is C20H26N2O2. The van der Waals surface area contributed by atoms with Crippen LogP contribution in [-0.4, -0.2) is 34.2 Å². The average molecular weight is 326 g/mol. The molecule has 3 rings (SSSR count). The smallest absolute Gasteiger partial charge is 0.130 e. The lowest BCUT2D eigenvalue weighted by atomic mass is 10.1. The van der Waals surface area contributed by atoms with Gasteiger partial charge in [0.15, 0.2) is 0 Å². The van der Waals surface area contributed by atoms with Gasteiger partial charge >= 0.3 is 0 Å². The summed E-state index contributed by atoms with van der Waals surface area (Å²) in [7, 11) is 0. The second kappa shape index (κ2) is 8.81. The van der Waals surface area contributed by atoms with Crippen molar-refractivity contribution in [2.24, 2.45) is 0 Å². The Labute approximate surface area is 144 Å². The Morgan fingerprint density at radius 2 is 2.04 bits per heavy atom. The van der Waals surface area contributed by atoms with Crippen molar-refractivity contribution in [1.82, 2.24) is 9.88 Å². The summed E-state index contributed by atoms with van der Waals surface area (Å²) in [5, 5.41) is 9.03. The molecule has 0 amide bonds. The molecule has 0 spiro atoms. The van der Waals surface area contributed by atoms with E-state index in [2.05, 4.69) is 22.0 Å². The molecule has 1 atom stereocenters. The fourth-order valence-corrected chi connectivity index (χ4v) is 3.32. The molecular weight excluding hydrogens is 300 g/mol. The summed E-state index contributed by atoms with van der Waals surface area (Å²) in [6.07, 6.45) is 6.31. The number of aliphatic hydroxyl groups excluding tert-OH is 1. The maximum Gasteiger partial charge on any atom is 0.130 e. The number of benzene rings is 1. The number of ether oxygens (including phenoxy) is 1. The molecule has 0 aliphatic carbocycles. The third-order valence-corrected chi connectivity index (χ3v) is 4.62. The maximum absolute atomic E-state index is 9.03. The number of rotatable bonds is 8. The zero-order valence-electron chi connectivity index (χ0n) is 14.1. The summed E-state index contributed by atoms with van der Waals surface area (Å²) in [4.78, 5) is 6.80. The van der Waals surface area contributed by atoms with E-state index in [-0.39, 0.29) is 0 Å². The van der Waals surface area contributed by atoms with Gasteiger partial charge in [0, 0.05) is 25.4 Å². The highest BCUT2D eigenvalue weighted by atomic mass is 16.5. The molecule has 1 saturated heterocycles. The van der Waals surface area contributed by atoms with Gasteiger partial charge in [0.2, 0.25) is 0 Å². The fraction of sp³-hybridized carbons (Fsp3) is 0.450. The van der Waals surface area contributed by atoms with Crippen molar-refractivity contribution in [3.63, 3.8) is 0 Å². The molecule has 1 aromatic heterocycles. The number of nitrogens with zero attached hydrogens (tertiary/aromatic N) is 2. The van der Waals surface area contributed by atoms with Gasteiger partial charge in [0.1, 0.15) is 12.4 Å². The van der Waals surface area contributed by atoms with E-state index in [9.17, 15) is 0 Å². The van der Waals surface area contributed by atoms with E-state index < -0.39 is 0 Å². The number of aromatic nitrogens is 1. The zero-order valence-corrected chi connectivity index (χ0v) is 14.1. The maximum atomic E-state index is 9.03. The number of hydrogen-bond acceptors (Lipinski definition) is 4. The minimum absolute atomic E-state index is 0.298. The Bertz CT molecular complexity index is 601. The molecule has 1 aliphatic rings. The van der Waals surface area contributed by atoms with Crippen molar-refractivity contribution in [2.75, 3.05) is 13.2 Å². The number of likely N-dealkylation sites (tertiary alicyclic amines) is 1. The van der Waals surface area contributed by atoms with Crippen molar-refractivity contribution in [2.45, 2.75) is 44.9 Å². The third kappa shape index (κ3) is 4.79. The molecule has 0 unspecified atom stereocenters. The number of pyridine rings is 1. The first-order valence-corrected chi connectivity index (χ1v) is 8.82. The standard InChI is InChI=1S/C20H26N2O2/c23-14-4-7-19-6-3-13-22(19)15-17-8-10-20(11-9-17)24-16-18-5-1-2-12-21-18/h1-2,5,8-12,19,23H,3-4,6-7,13-16H2/t19-/m0/s1. The highest BCUT2D eigenvalue weighted by molar-refractivity contribution is 5.27. The largest absolute Gasteiger partial charge is 0.487 e. The van der Waals surface area contributed by atoms with Gasteiger partial charge in [-0.3, -0.25) is 9.88 Å². The van der Waals surface area contributed by atoms with Crippen LogP contribution in [-0.2, 0) is 13.2 Å². The van der Waals surface area contributed by atoms with Gasteiger partial charge in [0.05, 0.1) is 5.69 Å². The monoisotopic (exact) mass is 326 g/mol. The van der Waals surface area contributed by atoms with Crippen molar-refractivity contribution in [1.29, 1.82) is 0 Å². The van der Waals surface area contributed by atoms with Crippen LogP contribution in [0, 0.1) is 0 Å². The summed E-state index contributed by atoms with van der Waals surface area (Å²) in [6.45, 7) is 2.94. The highest BCUT2D eigenvalue weighted by Crippen LogP contribution is 2.24. The van der Waals surface area contributed by atoms with Gasteiger partial charge in [-0.25, -0.2) is 0 Å². The lowest BCUT2D eigenvalue weighted by molar-refractivity contribution is 0.210. The van der Waals surface area contributed by atoms with Gasteiger partial charge in [-0.1, -0.05) is 18.2 Å². The van der Waals surface area contributed by atoms with Gasteiger partial charge < -0.3 is 9.84 Å². The van der Waals surface area contributed by atoms with E-state index in [0.717, 1.165) is 37.4 Å². The van der Waals surface area contributed by atoms with E-state index >= 15 is 0 Å². The molecule has 128 valence electrons. The van der Waals surface area contributed by atoms with E-state index in [4.69, 9.17) is 9.84 Å². The molecule has 2 aromatic rings. The Hall–Kier alpha value is -1.91. The van der Waals surface area contributed by atoms with Crippen molar-refractivity contribution in [3.8, 4) is 5.75 Å². The predicted molar refractivity (Wildman–Crippen MR) is 94.8 cm³/mol. The van der Waals surface area contributed by atoms with Crippen molar-refractivity contribution < 1.29 is 9.84 Å². The first-order chi connectivity index (χ1) is 11.8. The SMILES string of the molecule is OCCC[C@@H]1CCCN1Cc1ccc(OCc2ccccn2)cc1. The number of aliphatic hydroxyl groups is 1. The van der Waals surface area contributed by atoms with Crippen molar-refractivity contribution in [3.05, 3.63) is 59.9 Å². The van der Waals surface area contributed by atoms with Gasteiger partial charge in [-0.2, -0.15) is 0 Å². The average Bonchev–Trinajstić information content (AvgIpc) is 3.07. The Morgan fingerprint density at radius 3 is 2.79 bits per heavy atom. The van der Waals surface area contributed by atoms with Crippen LogP contribution in [0.1, 0.15) is 36.9 Å². The first-order valence-electron chi connectivity index (χ1n) is 8.82. The summed E-state index contributed by atoms with van der Waals surface area (Å²) in [5.41, 5.74) is 2.25. The summed E-state index contributed by atoms with van der Waals surface area (Å²) in [5.74, 6) is 0.877. The predicted octanol–water partition coefficient (Wildman–Crippen LogP) is 3.40. The molecule has 1 N–H and O–H groups in total. The van der Waals surface area contributed by atoms with Gasteiger partial charge in [-0.15, -0.1) is 0 Å². The van der Waals surface area contributed by atoms with Crippen LogP contribution in [0.15, 0.2) is 48.7 Å². The first kappa shape index (κ1) is 16.9. The minimum atomic E-state index is 0.298. The summed E-state index contributed by atoms with van der Waals surface area (Å²) >= 11 is 0. The third-order valence-electron chi connectivity index (χ3n) is 4.62. The molecule has 2 heterocycles. The lowest BCUT2D eigenvalue weighted by Crippen LogP contribution is -2.29. The fourth-order valence-electron chi connectivity index (χ4n) is 3.32. The van der Waals surface area contributed by atoms with Crippen LogP contribution in [0.5, 0.6) is 5.75 Å². The second-order valence-electron chi connectivity index (χ2n) is 6.39. The topological polar surface area (TPSA) is 45.6 Å². The molecule has 24 heavy (non-hydrogen) atoms. The van der Waals surface area contributed by atoms with E-state index in [1.165, 1.54) is 18.4 Å². The van der Waals surface area contributed by atoms with Crippen LogP contribution < -0.4 is 4.74 Å². The normalized spacial score (nSPS) is 18.0. The minimum Gasteiger partial charge on any atom is -0.487 e. The van der Waals surface area contributed by atoms with E-state index in [1.54, 1.807) is 6.20 Å². The molecule has 0 bridgehead atoms. The van der Waals surface area contributed by atoms with Crippen molar-refractivity contribution >= 4 is 0 Å². The Morgan fingerprint density at radius 1 is 1.17 bits per heavy atom. The molecule has 1 aromatic carbocycles. The number of hydrogen-bond donors (Lipinski definition) is 1. The van der Waals surface area contributed by atoms with Crippen LogP contribution >= 0.6 is 0 Å². The zero-order chi connectivity index (χ0) is 16.6. The highest BCUT2D eigenvalue weighted by Gasteiger charge is 2.23. The summed E-state index contributed by atoms with van der Waals surface area (Å²) in [6, 6.07) is 14.8. The molecule has 0 radical (unpaired) electrons. The Balaban J connectivity index is 1.51. The Kier molecular flexibility index (Phi) is 6.21. The van der Waals surface area contributed by atoms with Crippen LogP contribution in [0.2, 0.25) is 0 Å². The summed E-state index contributed by atoms with van der Waals surface area (Å²) < 4.78 is 5.79. The quantitative estimate of drug-likeness (QED) is 0.807. The molecule has 0 saturated carbocycles. The van der Waals surface area contributed by atoms with Crippen LogP contribution in [0.25, 0.3) is 0 Å². The van der Waals surface area contributed by atoms with Crippen LogP contribution in [0.3, 0.4) is 0 Å². The molecule has 1 aliphatic heterocycles. The lowest BCUT2D eigenvalue weighted by Gasteiger charge is -2.24. The van der Waals surface area contributed by atoms with E-state index in [0.29, 0.717) is 19.3 Å². The molecule has 1 fully saturated rings. The van der Waals surface area contributed by atoms with Crippen LogP contribution in [0.4, 0.5) is 0 Å². The van der Waals surface area contributed by atoms with E-state index in [1.807, 2.05) is 30.3 Å². The van der Waals surface area contributed by atoms with Gasteiger partial charge in [0.25, 0.3) is 0 Å². The second-order valence-corrected chi connectivity index (χ2v) is 6.39. The molecule has 4 heteroatoms. The molecule has 4 nitrogen and oxygen atoms in total. The van der Waals surface area contributed by atoms with Gasteiger partial charge in [-0.05, 0) is 62.1 Å².